The maximum absolute atomic E-state index is 13.3. The van der Waals surface area contributed by atoms with Gasteiger partial charge >= 0.3 is 0 Å². The first-order valence-corrected chi connectivity index (χ1v) is 11.1. The number of amidine groups is 1. The van der Waals surface area contributed by atoms with Crippen molar-refractivity contribution in [1.82, 2.24) is 0 Å². The van der Waals surface area contributed by atoms with Gasteiger partial charge in [-0.1, -0.05) is 30.0 Å². The number of methoxy groups -OCH3 is 1. The summed E-state index contributed by atoms with van der Waals surface area (Å²) in [5.41, 5.74) is 4.44. The summed E-state index contributed by atoms with van der Waals surface area (Å²) in [5.74, 6) is 1.47. The van der Waals surface area contributed by atoms with Gasteiger partial charge in [-0.25, -0.2) is 4.99 Å². The molecule has 156 valence electrons. The number of carbonyl (C=O) groups is 1. The van der Waals surface area contributed by atoms with E-state index in [1.165, 1.54) is 0 Å². The molecule has 1 fully saturated rings. The molecule has 5 nitrogen and oxygen atoms in total. The molecule has 1 atom stereocenters. The van der Waals surface area contributed by atoms with Crippen LogP contribution in [-0.2, 0) is 9.53 Å². The van der Waals surface area contributed by atoms with E-state index in [4.69, 9.17) is 14.5 Å². The minimum Gasteiger partial charge on any atom is -0.497 e. The van der Waals surface area contributed by atoms with Crippen LogP contribution in [0.3, 0.4) is 0 Å². The first-order chi connectivity index (χ1) is 14.5. The Labute approximate surface area is 181 Å². The van der Waals surface area contributed by atoms with Crippen molar-refractivity contribution in [3.63, 3.8) is 0 Å². The molecule has 0 aliphatic carbocycles. The normalized spacial score (nSPS) is 20.2. The van der Waals surface area contributed by atoms with Crippen molar-refractivity contribution in [1.29, 1.82) is 0 Å². The van der Waals surface area contributed by atoms with Gasteiger partial charge in [-0.15, -0.1) is 0 Å². The maximum atomic E-state index is 13.3. The van der Waals surface area contributed by atoms with Crippen molar-refractivity contribution < 1.29 is 14.3 Å². The smallest absolute Gasteiger partial charge is 0.283 e. The van der Waals surface area contributed by atoms with E-state index in [1.807, 2.05) is 56.3 Å². The molecule has 0 radical (unpaired) electrons. The van der Waals surface area contributed by atoms with Gasteiger partial charge in [-0.3, -0.25) is 9.69 Å². The molecule has 4 rings (SSSR count). The first-order valence-electron chi connectivity index (χ1n) is 10.1. The predicted molar refractivity (Wildman–Crippen MR) is 123 cm³/mol. The molecule has 1 amide bonds. The monoisotopic (exact) mass is 422 g/mol. The van der Waals surface area contributed by atoms with E-state index in [1.54, 1.807) is 23.8 Å². The van der Waals surface area contributed by atoms with Crippen molar-refractivity contribution in [3.8, 4) is 5.75 Å². The highest BCUT2D eigenvalue weighted by atomic mass is 32.2. The number of nitrogens with zero attached hydrogens (tertiary/aromatic N) is 2. The van der Waals surface area contributed by atoms with Crippen LogP contribution in [0.1, 0.15) is 29.5 Å². The fourth-order valence-electron chi connectivity index (χ4n) is 3.70. The van der Waals surface area contributed by atoms with Crippen molar-refractivity contribution in [3.05, 3.63) is 64.9 Å². The minimum absolute atomic E-state index is 0.106. The number of benzene rings is 2. The molecule has 0 unspecified atom stereocenters. The number of hydrogen-bond donors (Lipinski definition) is 0. The Morgan fingerprint density at radius 2 is 1.93 bits per heavy atom. The van der Waals surface area contributed by atoms with Gasteiger partial charge in [0.05, 0.1) is 18.9 Å². The summed E-state index contributed by atoms with van der Waals surface area (Å²) >= 11 is 1.59. The molecule has 30 heavy (non-hydrogen) atoms. The standard InChI is InChI=1S/C24H26N2O3S/c1-16-11-17(2)13-19(12-16)26-23(27)22(14-18-6-8-20(28-3)9-7-18)25-24(26)30-15-21-5-4-10-29-21/h6-9,11-14,21H,4-5,10,15H2,1-3H3/b22-14+/t21-/m1/s1. The molecule has 0 bridgehead atoms. The maximum Gasteiger partial charge on any atom is 0.283 e. The number of rotatable bonds is 5. The Bertz CT molecular complexity index is 972. The highest BCUT2D eigenvalue weighted by Gasteiger charge is 2.33. The average Bonchev–Trinajstić information content (AvgIpc) is 3.34. The number of anilines is 1. The summed E-state index contributed by atoms with van der Waals surface area (Å²) in [4.78, 5) is 19.8. The van der Waals surface area contributed by atoms with Gasteiger partial charge in [-0.2, -0.15) is 0 Å². The summed E-state index contributed by atoms with van der Waals surface area (Å²) in [6.07, 6.45) is 4.21. The van der Waals surface area contributed by atoms with E-state index in [-0.39, 0.29) is 12.0 Å². The molecule has 0 saturated carbocycles. The van der Waals surface area contributed by atoms with Gasteiger partial charge in [0.15, 0.2) is 5.17 Å². The van der Waals surface area contributed by atoms with E-state index >= 15 is 0 Å². The molecule has 0 spiro atoms. The fourth-order valence-corrected chi connectivity index (χ4v) is 4.78. The highest BCUT2D eigenvalue weighted by molar-refractivity contribution is 8.14. The van der Waals surface area contributed by atoms with Crippen LogP contribution >= 0.6 is 11.8 Å². The number of thioether (sulfide) groups is 1. The molecule has 2 heterocycles. The van der Waals surface area contributed by atoms with Crippen molar-refractivity contribution >= 4 is 34.6 Å². The van der Waals surface area contributed by atoms with Crippen LogP contribution < -0.4 is 9.64 Å². The molecule has 2 aliphatic rings. The van der Waals surface area contributed by atoms with Crippen LogP contribution in [0, 0.1) is 13.8 Å². The molecule has 2 aromatic carbocycles. The Morgan fingerprint density at radius 3 is 2.57 bits per heavy atom. The SMILES string of the molecule is COc1ccc(/C=C2/N=C(SC[C@H]3CCCO3)N(c3cc(C)cc(C)c3)C2=O)cc1. The third-order valence-corrected chi connectivity index (χ3v) is 6.21. The van der Waals surface area contributed by atoms with E-state index in [9.17, 15) is 4.79 Å². The van der Waals surface area contributed by atoms with Gasteiger partial charge in [0.2, 0.25) is 0 Å². The van der Waals surface area contributed by atoms with Crippen LogP contribution in [0.5, 0.6) is 5.75 Å². The predicted octanol–water partition coefficient (Wildman–Crippen LogP) is 4.97. The van der Waals surface area contributed by atoms with Gasteiger partial charge in [0, 0.05) is 12.4 Å². The minimum atomic E-state index is -0.106. The summed E-state index contributed by atoms with van der Waals surface area (Å²) < 4.78 is 11.0. The van der Waals surface area contributed by atoms with Crippen LogP contribution in [-0.4, -0.2) is 36.6 Å². The van der Waals surface area contributed by atoms with E-state index in [0.29, 0.717) is 10.9 Å². The zero-order valence-electron chi connectivity index (χ0n) is 17.6. The van der Waals surface area contributed by atoms with E-state index < -0.39 is 0 Å². The zero-order chi connectivity index (χ0) is 21.1. The lowest BCUT2D eigenvalue weighted by atomic mass is 10.1. The number of aryl methyl sites for hydroxylation is 2. The molecule has 0 aromatic heterocycles. The van der Waals surface area contributed by atoms with Crippen LogP contribution in [0.2, 0.25) is 0 Å². The van der Waals surface area contributed by atoms with Gasteiger partial charge in [-0.05, 0) is 73.7 Å². The second-order valence-electron chi connectivity index (χ2n) is 7.63. The molecule has 2 aliphatic heterocycles. The second-order valence-corrected chi connectivity index (χ2v) is 8.62. The molecule has 6 heteroatoms. The van der Waals surface area contributed by atoms with Crippen molar-refractivity contribution in [2.24, 2.45) is 4.99 Å². The first kappa shape index (κ1) is 20.7. The number of carbonyl (C=O) groups excluding carboxylic acids is 1. The summed E-state index contributed by atoms with van der Waals surface area (Å²) in [7, 11) is 1.64. The second kappa shape index (κ2) is 9.06. The van der Waals surface area contributed by atoms with Crippen molar-refractivity contribution in [2.45, 2.75) is 32.8 Å². The number of amides is 1. The summed E-state index contributed by atoms with van der Waals surface area (Å²) in [6, 6.07) is 13.8. The quantitative estimate of drug-likeness (QED) is 0.639. The number of hydrogen-bond acceptors (Lipinski definition) is 5. The van der Waals surface area contributed by atoms with Gasteiger partial charge in [0.25, 0.3) is 5.91 Å². The Hall–Kier alpha value is -2.57. The topological polar surface area (TPSA) is 51.1 Å². The summed E-state index contributed by atoms with van der Waals surface area (Å²) in [6.45, 7) is 4.91. The lowest BCUT2D eigenvalue weighted by Crippen LogP contribution is -2.31. The average molecular weight is 423 g/mol. The van der Waals surface area contributed by atoms with Crippen LogP contribution in [0.15, 0.2) is 53.2 Å². The van der Waals surface area contributed by atoms with Crippen LogP contribution in [0.4, 0.5) is 5.69 Å². The third-order valence-electron chi connectivity index (χ3n) is 5.14. The largest absolute Gasteiger partial charge is 0.497 e. The van der Waals surface area contributed by atoms with Gasteiger partial charge < -0.3 is 9.47 Å². The lowest BCUT2D eigenvalue weighted by Gasteiger charge is -2.20. The zero-order valence-corrected chi connectivity index (χ0v) is 18.4. The Morgan fingerprint density at radius 1 is 1.20 bits per heavy atom. The summed E-state index contributed by atoms with van der Waals surface area (Å²) in [5, 5.41) is 0.709. The number of aliphatic imine (C=N–C) groups is 1. The fraction of sp³-hybridized carbons (Fsp3) is 0.333. The van der Waals surface area contributed by atoms with Crippen LogP contribution in [0.25, 0.3) is 6.08 Å². The molecule has 0 N–H and O–H groups in total. The Balaban J connectivity index is 1.65. The molecular weight excluding hydrogens is 396 g/mol. The number of ether oxygens (including phenoxy) is 2. The molecule has 1 saturated heterocycles. The molecular formula is C24H26N2O3S. The van der Waals surface area contributed by atoms with E-state index in [0.717, 1.165) is 53.3 Å². The van der Waals surface area contributed by atoms with E-state index in [2.05, 4.69) is 6.07 Å². The van der Waals surface area contributed by atoms with Crippen molar-refractivity contribution in [2.75, 3.05) is 24.4 Å². The Kier molecular flexibility index (Phi) is 6.25. The molecule has 2 aromatic rings. The van der Waals surface area contributed by atoms with Gasteiger partial charge in [0.1, 0.15) is 11.4 Å². The third kappa shape index (κ3) is 4.60. The lowest BCUT2D eigenvalue weighted by molar-refractivity contribution is -0.113. The highest BCUT2D eigenvalue weighted by Crippen LogP contribution is 2.32.